The maximum absolute atomic E-state index is 11.7. The van der Waals surface area contributed by atoms with E-state index in [1.54, 1.807) is 0 Å². The van der Waals surface area contributed by atoms with Gasteiger partial charge >= 0.3 is 6.09 Å². The van der Waals surface area contributed by atoms with Crippen LogP contribution in [0.25, 0.3) is 0 Å². The highest BCUT2D eigenvalue weighted by atomic mass is 16.6. The molecule has 1 fully saturated rings. The summed E-state index contributed by atoms with van der Waals surface area (Å²) in [6.45, 7) is 12.6. The smallest absolute Gasteiger partial charge is 0.407 e. The van der Waals surface area contributed by atoms with Crippen LogP contribution >= 0.6 is 0 Å². The highest BCUT2D eigenvalue weighted by molar-refractivity contribution is 5.68. The van der Waals surface area contributed by atoms with Crippen molar-refractivity contribution in [1.29, 1.82) is 0 Å². The van der Waals surface area contributed by atoms with Crippen molar-refractivity contribution in [2.45, 2.75) is 78.9 Å². The van der Waals surface area contributed by atoms with Crippen molar-refractivity contribution in [3.05, 3.63) is 0 Å². The summed E-state index contributed by atoms with van der Waals surface area (Å²) < 4.78 is 5.28. The first kappa shape index (κ1) is 15.3. The van der Waals surface area contributed by atoms with E-state index < -0.39 is 5.60 Å². The van der Waals surface area contributed by atoms with Crippen LogP contribution in [0, 0.1) is 11.3 Å². The van der Waals surface area contributed by atoms with Crippen molar-refractivity contribution in [1.82, 2.24) is 5.32 Å². The van der Waals surface area contributed by atoms with Crippen molar-refractivity contribution >= 4 is 6.09 Å². The zero-order valence-corrected chi connectivity index (χ0v) is 12.8. The van der Waals surface area contributed by atoms with Gasteiger partial charge in [-0.3, -0.25) is 0 Å². The molecule has 0 radical (unpaired) electrons. The van der Waals surface area contributed by atoms with Gasteiger partial charge in [-0.15, -0.1) is 0 Å². The summed E-state index contributed by atoms with van der Waals surface area (Å²) in [5.74, 6) is 0.772. The van der Waals surface area contributed by atoms with Crippen LogP contribution in [0.4, 0.5) is 4.79 Å². The minimum atomic E-state index is -0.410. The molecule has 0 saturated heterocycles. The zero-order valence-electron chi connectivity index (χ0n) is 12.8. The molecule has 1 aliphatic rings. The predicted molar refractivity (Wildman–Crippen MR) is 74.6 cm³/mol. The van der Waals surface area contributed by atoms with Crippen molar-refractivity contribution in [2.75, 3.05) is 0 Å². The number of amides is 1. The molecule has 1 amide bonds. The Bertz CT molecular complexity index is 278. The molecule has 106 valence electrons. The molecule has 3 heteroatoms. The van der Waals surface area contributed by atoms with E-state index in [9.17, 15) is 4.79 Å². The van der Waals surface area contributed by atoms with Gasteiger partial charge in [-0.2, -0.15) is 0 Å². The standard InChI is InChI=1S/C15H29NO2/c1-14(2,3)11-7-9-12(10-8-11)16-13(17)18-15(4,5)6/h11-12H,7-10H2,1-6H3,(H,16,17)/t11-,12-. The highest BCUT2D eigenvalue weighted by Crippen LogP contribution is 2.37. The van der Waals surface area contributed by atoms with Crippen LogP contribution in [0.1, 0.15) is 67.2 Å². The molecule has 0 aromatic rings. The molecular formula is C15H29NO2. The highest BCUT2D eigenvalue weighted by Gasteiger charge is 2.30. The van der Waals surface area contributed by atoms with Crippen molar-refractivity contribution in [2.24, 2.45) is 11.3 Å². The van der Waals surface area contributed by atoms with Crippen LogP contribution in [0.5, 0.6) is 0 Å². The fourth-order valence-corrected chi connectivity index (χ4v) is 2.58. The zero-order chi connectivity index (χ0) is 14.0. The lowest BCUT2D eigenvalue weighted by Gasteiger charge is -2.37. The van der Waals surface area contributed by atoms with E-state index in [4.69, 9.17) is 4.74 Å². The first-order chi connectivity index (χ1) is 8.08. The van der Waals surface area contributed by atoms with Gasteiger partial charge in [0.25, 0.3) is 0 Å². The molecule has 0 aliphatic heterocycles. The van der Waals surface area contributed by atoms with Gasteiger partial charge < -0.3 is 10.1 Å². The first-order valence-electron chi connectivity index (χ1n) is 7.07. The average Bonchev–Trinajstić information content (AvgIpc) is 2.13. The van der Waals surface area contributed by atoms with Crippen molar-refractivity contribution < 1.29 is 9.53 Å². The Kier molecular flexibility index (Phi) is 4.68. The van der Waals surface area contributed by atoms with Gasteiger partial charge in [-0.1, -0.05) is 20.8 Å². The minimum Gasteiger partial charge on any atom is -0.444 e. The molecule has 3 nitrogen and oxygen atoms in total. The number of hydrogen-bond donors (Lipinski definition) is 1. The number of rotatable bonds is 1. The Morgan fingerprint density at radius 2 is 1.50 bits per heavy atom. The molecule has 0 aromatic heterocycles. The molecule has 1 rings (SSSR count). The van der Waals surface area contributed by atoms with E-state index in [1.165, 1.54) is 12.8 Å². The molecule has 0 bridgehead atoms. The van der Waals surface area contributed by atoms with Gasteiger partial charge in [0.05, 0.1) is 0 Å². The SMILES string of the molecule is CC(C)(C)OC(=O)N[C@H]1CC[C@H](C(C)(C)C)CC1. The fourth-order valence-electron chi connectivity index (χ4n) is 2.58. The molecule has 1 aliphatic carbocycles. The fraction of sp³-hybridized carbons (Fsp3) is 0.933. The Balaban J connectivity index is 2.34. The van der Waals surface area contributed by atoms with E-state index >= 15 is 0 Å². The lowest BCUT2D eigenvalue weighted by atomic mass is 9.71. The summed E-state index contributed by atoms with van der Waals surface area (Å²) in [6, 6.07) is 0.290. The molecule has 0 unspecified atom stereocenters. The molecular weight excluding hydrogens is 226 g/mol. The average molecular weight is 255 g/mol. The van der Waals surface area contributed by atoms with E-state index in [0.717, 1.165) is 18.8 Å². The third-order valence-electron chi connectivity index (χ3n) is 3.67. The third kappa shape index (κ3) is 5.28. The summed E-state index contributed by atoms with van der Waals surface area (Å²) in [5.41, 5.74) is -0.0242. The van der Waals surface area contributed by atoms with Crippen LogP contribution < -0.4 is 5.32 Å². The van der Waals surface area contributed by atoms with E-state index in [0.29, 0.717) is 11.5 Å². The number of ether oxygens (including phenoxy) is 1. The topological polar surface area (TPSA) is 38.3 Å². The van der Waals surface area contributed by atoms with Crippen LogP contribution in [0.15, 0.2) is 0 Å². The lowest BCUT2D eigenvalue weighted by Crippen LogP contribution is -2.42. The van der Waals surface area contributed by atoms with Gasteiger partial charge in [0.2, 0.25) is 0 Å². The van der Waals surface area contributed by atoms with Gasteiger partial charge in [0.15, 0.2) is 0 Å². The normalized spacial score (nSPS) is 25.7. The number of nitrogens with one attached hydrogen (secondary N) is 1. The second kappa shape index (κ2) is 5.50. The Morgan fingerprint density at radius 1 is 1.00 bits per heavy atom. The Hall–Kier alpha value is -0.730. The molecule has 18 heavy (non-hydrogen) atoms. The molecule has 0 spiro atoms. The number of carbonyl (C=O) groups is 1. The van der Waals surface area contributed by atoms with Crippen molar-refractivity contribution in [3.8, 4) is 0 Å². The quantitative estimate of drug-likeness (QED) is 0.765. The van der Waals surface area contributed by atoms with Crippen LogP contribution in [-0.2, 0) is 4.74 Å². The maximum atomic E-state index is 11.7. The number of hydrogen-bond acceptors (Lipinski definition) is 2. The summed E-state index contributed by atoms with van der Waals surface area (Å²) in [5, 5.41) is 2.99. The van der Waals surface area contributed by atoms with E-state index in [2.05, 4.69) is 26.1 Å². The summed E-state index contributed by atoms with van der Waals surface area (Å²) >= 11 is 0. The minimum absolute atomic E-state index is 0.276. The van der Waals surface area contributed by atoms with E-state index in [1.807, 2.05) is 20.8 Å². The van der Waals surface area contributed by atoms with Crippen LogP contribution in [0.2, 0.25) is 0 Å². The van der Waals surface area contributed by atoms with Crippen LogP contribution in [0.3, 0.4) is 0 Å². The Morgan fingerprint density at radius 3 is 1.89 bits per heavy atom. The van der Waals surface area contributed by atoms with Gasteiger partial charge in [0, 0.05) is 6.04 Å². The predicted octanol–water partition coefficient (Wildman–Crippen LogP) is 4.12. The molecule has 0 aromatic carbocycles. The largest absolute Gasteiger partial charge is 0.444 e. The maximum Gasteiger partial charge on any atom is 0.407 e. The summed E-state index contributed by atoms with van der Waals surface area (Å²) in [4.78, 5) is 11.7. The first-order valence-corrected chi connectivity index (χ1v) is 7.07. The van der Waals surface area contributed by atoms with Gasteiger partial charge in [-0.25, -0.2) is 4.79 Å². The summed E-state index contributed by atoms with van der Waals surface area (Å²) in [7, 11) is 0. The summed E-state index contributed by atoms with van der Waals surface area (Å²) in [6.07, 6.45) is 4.26. The number of carbonyl (C=O) groups excluding carboxylic acids is 1. The molecule has 1 saturated carbocycles. The van der Waals surface area contributed by atoms with E-state index in [-0.39, 0.29) is 6.09 Å². The second-order valence-electron chi connectivity index (χ2n) is 7.56. The molecule has 1 N–H and O–H groups in total. The monoisotopic (exact) mass is 255 g/mol. The van der Waals surface area contributed by atoms with Gasteiger partial charge in [0.1, 0.15) is 5.60 Å². The van der Waals surface area contributed by atoms with Gasteiger partial charge in [-0.05, 0) is 57.8 Å². The van der Waals surface area contributed by atoms with Crippen molar-refractivity contribution in [3.63, 3.8) is 0 Å². The molecule has 0 atom stereocenters. The van der Waals surface area contributed by atoms with Crippen LogP contribution in [-0.4, -0.2) is 17.7 Å². The lowest BCUT2D eigenvalue weighted by molar-refractivity contribution is 0.0475. The Labute approximate surface area is 112 Å². The third-order valence-corrected chi connectivity index (χ3v) is 3.67. The molecule has 0 heterocycles. The second-order valence-corrected chi connectivity index (χ2v) is 7.56. The number of alkyl carbamates (subject to hydrolysis) is 1.